The minimum absolute atomic E-state index is 0.0236. The first-order valence-corrected chi connectivity index (χ1v) is 10.4. The number of ether oxygens (including phenoxy) is 2. The van der Waals surface area contributed by atoms with Gasteiger partial charge in [0.25, 0.3) is 5.91 Å². The van der Waals surface area contributed by atoms with E-state index in [0.717, 1.165) is 18.4 Å². The highest BCUT2D eigenvalue weighted by molar-refractivity contribution is 5.94. The fraction of sp³-hybridized carbons (Fsp3) is 0.667. The molecule has 1 amide bonds. The van der Waals surface area contributed by atoms with Crippen LogP contribution in [0, 0.1) is 11.8 Å². The number of carbonyl (C=O) groups is 1. The van der Waals surface area contributed by atoms with Gasteiger partial charge >= 0.3 is 0 Å². The van der Waals surface area contributed by atoms with Crippen molar-refractivity contribution in [2.75, 3.05) is 46.1 Å². The smallest absolute Gasteiger partial charge is 0.251 e. The highest BCUT2D eigenvalue weighted by atomic mass is 16.7. The molecule has 5 aliphatic rings. The maximum atomic E-state index is 12.6. The number of hydrogen-bond donors (Lipinski definition) is 1. The Labute approximate surface area is 160 Å². The van der Waals surface area contributed by atoms with E-state index in [-0.39, 0.29) is 12.7 Å². The van der Waals surface area contributed by atoms with Crippen LogP contribution in [0.2, 0.25) is 0 Å². The third-order valence-corrected chi connectivity index (χ3v) is 6.84. The molecular formula is C21H29N3O3. The van der Waals surface area contributed by atoms with Crippen molar-refractivity contribution in [1.29, 1.82) is 0 Å². The quantitative estimate of drug-likeness (QED) is 0.857. The maximum Gasteiger partial charge on any atom is 0.251 e. The third-order valence-electron chi connectivity index (χ3n) is 6.84. The second kappa shape index (κ2) is 7.32. The fourth-order valence-corrected chi connectivity index (χ4v) is 5.32. The predicted molar refractivity (Wildman–Crippen MR) is 102 cm³/mol. The summed E-state index contributed by atoms with van der Waals surface area (Å²) in [6, 6.07) is 5.88. The normalized spacial score (nSPS) is 32.0. The average molecular weight is 371 g/mol. The molecular weight excluding hydrogens is 342 g/mol. The van der Waals surface area contributed by atoms with Crippen LogP contribution in [-0.2, 0) is 0 Å². The molecule has 5 aliphatic heterocycles. The van der Waals surface area contributed by atoms with Crippen molar-refractivity contribution in [3.05, 3.63) is 23.8 Å². The molecule has 0 spiro atoms. The van der Waals surface area contributed by atoms with Gasteiger partial charge in [-0.1, -0.05) is 0 Å². The maximum absolute atomic E-state index is 12.6. The van der Waals surface area contributed by atoms with E-state index in [1.165, 1.54) is 58.4 Å². The number of amides is 1. The van der Waals surface area contributed by atoms with Gasteiger partial charge in [-0.25, -0.2) is 0 Å². The molecule has 1 N–H and O–H groups in total. The highest BCUT2D eigenvalue weighted by Gasteiger charge is 2.40. The van der Waals surface area contributed by atoms with Crippen LogP contribution in [0.1, 0.15) is 36.0 Å². The lowest BCUT2D eigenvalue weighted by atomic mass is 9.75. The predicted octanol–water partition coefficient (Wildman–Crippen LogP) is 1.95. The molecule has 0 radical (unpaired) electrons. The number of hydrogen-bond acceptors (Lipinski definition) is 5. The molecule has 1 aromatic rings. The van der Waals surface area contributed by atoms with Crippen molar-refractivity contribution in [2.45, 2.75) is 31.7 Å². The van der Waals surface area contributed by atoms with E-state index < -0.39 is 0 Å². The van der Waals surface area contributed by atoms with Gasteiger partial charge in [0.15, 0.2) is 11.5 Å². The number of likely N-dealkylation sites (tertiary alicyclic amines) is 1. The van der Waals surface area contributed by atoms with E-state index in [1.54, 1.807) is 6.07 Å². The Hall–Kier alpha value is -1.79. The van der Waals surface area contributed by atoms with Gasteiger partial charge in [0.1, 0.15) is 0 Å². The Balaban J connectivity index is 1.15. The molecule has 6 nitrogen and oxygen atoms in total. The molecule has 0 aliphatic carbocycles. The summed E-state index contributed by atoms with van der Waals surface area (Å²) in [6.07, 6.45) is 5.29. The number of rotatable bonds is 5. The van der Waals surface area contributed by atoms with Crippen LogP contribution in [0.4, 0.5) is 0 Å². The van der Waals surface area contributed by atoms with Crippen molar-refractivity contribution in [2.24, 2.45) is 11.8 Å². The summed E-state index contributed by atoms with van der Waals surface area (Å²) in [6.45, 7) is 7.21. The van der Waals surface area contributed by atoms with Crippen molar-refractivity contribution < 1.29 is 14.3 Å². The number of nitrogens with zero attached hydrogens (tertiary/aromatic N) is 2. The monoisotopic (exact) mass is 371 g/mol. The Bertz CT molecular complexity index is 704. The second-order valence-electron chi connectivity index (χ2n) is 8.48. The van der Waals surface area contributed by atoms with E-state index in [4.69, 9.17) is 9.47 Å². The summed E-state index contributed by atoms with van der Waals surface area (Å²) < 4.78 is 10.7. The van der Waals surface area contributed by atoms with E-state index in [2.05, 4.69) is 15.1 Å². The molecule has 4 fully saturated rings. The summed E-state index contributed by atoms with van der Waals surface area (Å²) in [5, 5.41) is 3.15. The minimum Gasteiger partial charge on any atom is -0.454 e. The third kappa shape index (κ3) is 3.52. The summed E-state index contributed by atoms with van der Waals surface area (Å²) in [7, 11) is 0. The fourth-order valence-electron chi connectivity index (χ4n) is 5.32. The molecule has 146 valence electrons. The van der Waals surface area contributed by atoms with Crippen LogP contribution in [-0.4, -0.2) is 67.8 Å². The first-order valence-electron chi connectivity index (χ1n) is 10.4. The van der Waals surface area contributed by atoms with Crippen molar-refractivity contribution in [3.63, 3.8) is 0 Å². The van der Waals surface area contributed by atoms with E-state index in [0.29, 0.717) is 23.1 Å². The Morgan fingerprint density at radius 3 is 2.81 bits per heavy atom. The number of nitrogens with one attached hydrogen (secondary N) is 1. The summed E-state index contributed by atoms with van der Waals surface area (Å²) >= 11 is 0. The van der Waals surface area contributed by atoms with Crippen LogP contribution in [0.15, 0.2) is 18.2 Å². The van der Waals surface area contributed by atoms with Gasteiger partial charge in [0.2, 0.25) is 6.79 Å². The zero-order chi connectivity index (χ0) is 18.2. The van der Waals surface area contributed by atoms with E-state index >= 15 is 0 Å². The number of benzene rings is 1. The summed E-state index contributed by atoms with van der Waals surface area (Å²) in [5.41, 5.74) is 0.641. The van der Waals surface area contributed by atoms with Crippen molar-refractivity contribution in [1.82, 2.24) is 15.1 Å². The second-order valence-corrected chi connectivity index (χ2v) is 8.48. The van der Waals surface area contributed by atoms with Crippen LogP contribution in [0.25, 0.3) is 0 Å². The lowest BCUT2D eigenvalue weighted by molar-refractivity contribution is -0.00905. The van der Waals surface area contributed by atoms with E-state index in [9.17, 15) is 4.79 Å². The Morgan fingerprint density at radius 2 is 2.00 bits per heavy atom. The molecule has 0 aromatic heterocycles. The average Bonchev–Trinajstić information content (AvgIpc) is 3.38. The van der Waals surface area contributed by atoms with Gasteiger partial charge in [0, 0.05) is 31.2 Å². The van der Waals surface area contributed by atoms with Crippen LogP contribution in [0.5, 0.6) is 11.5 Å². The molecule has 1 aromatic carbocycles. The summed E-state index contributed by atoms with van der Waals surface area (Å²) in [4.78, 5) is 17.8. The number of carbonyl (C=O) groups excluding carboxylic acids is 1. The standard InChI is InChI=1S/C21H29N3O3/c25-21(16-3-4-19-20(10-16)27-14-26-19)22-11-18-9-15-5-8-24(18)13-17(15)12-23-6-1-2-7-23/h3-4,10,15,17-18H,1-2,5-9,11-14H2,(H,22,25). The topological polar surface area (TPSA) is 54.0 Å². The minimum atomic E-state index is -0.0236. The number of piperidine rings is 3. The van der Waals surface area contributed by atoms with Gasteiger partial charge < -0.3 is 19.7 Å². The highest BCUT2D eigenvalue weighted by Crippen LogP contribution is 2.37. The molecule has 5 heterocycles. The van der Waals surface area contributed by atoms with E-state index in [1.807, 2.05) is 12.1 Å². The molecule has 0 saturated carbocycles. The largest absolute Gasteiger partial charge is 0.454 e. The van der Waals surface area contributed by atoms with Gasteiger partial charge in [0.05, 0.1) is 0 Å². The first kappa shape index (κ1) is 17.3. The molecule has 6 heteroatoms. The molecule has 6 rings (SSSR count). The molecule has 27 heavy (non-hydrogen) atoms. The van der Waals surface area contributed by atoms with Crippen molar-refractivity contribution >= 4 is 5.91 Å². The first-order chi connectivity index (χ1) is 13.3. The van der Waals surface area contributed by atoms with Crippen molar-refractivity contribution in [3.8, 4) is 11.5 Å². The van der Waals surface area contributed by atoms with Gasteiger partial charge in [-0.3, -0.25) is 9.69 Å². The Kier molecular flexibility index (Phi) is 4.70. The lowest BCUT2D eigenvalue weighted by Crippen LogP contribution is -2.58. The van der Waals surface area contributed by atoms with Crippen LogP contribution in [0.3, 0.4) is 0 Å². The molecule has 4 saturated heterocycles. The Morgan fingerprint density at radius 1 is 1.15 bits per heavy atom. The van der Waals surface area contributed by atoms with Crippen LogP contribution < -0.4 is 14.8 Å². The zero-order valence-electron chi connectivity index (χ0n) is 15.9. The molecule has 4 unspecified atom stereocenters. The number of fused-ring (bicyclic) bond motifs is 4. The van der Waals surface area contributed by atoms with Gasteiger partial charge in [-0.15, -0.1) is 0 Å². The molecule has 2 bridgehead atoms. The zero-order valence-corrected chi connectivity index (χ0v) is 15.9. The van der Waals surface area contributed by atoms with Gasteiger partial charge in [-0.05, 0) is 75.4 Å². The van der Waals surface area contributed by atoms with Crippen LogP contribution >= 0.6 is 0 Å². The van der Waals surface area contributed by atoms with Gasteiger partial charge in [-0.2, -0.15) is 0 Å². The summed E-state index contributed by atoms with van der Waals surface area (Å²) in [5.74, 6) is 2.99. The molecule has 4 atom stereocenters. The lowest BCUT2D eigenvalue weighted by Gasteiger charge is -2.50. The SMILES string of the molecule is O=C(NCC1CC2CCN1CC2CN1CCCC1)c1ccc2c(c1)OCO2.